The van der Waals surface area contributed by atoms with Crippen molar-refractivity contribution in [1.82, 2.24) is 10.6 Å². The number of thiophene rings is 1. The normalized spacial score (nSPS) is 15.8. The highest BCUT2D eigenvalue weighted by molar-refractivity contribution is 14.0. The Morgan fingerprint density at radius 3 is 2.79 bits per heavy atom. The number of ether oxygens (including phenoxy) is 2. The quantitative estimate of drug-likeness (QED) is 0.311. The third kappa shape index (κ3) is 5.99. The van der Waals surface area contributed by atoms with Crippen molar-refractivity contribution in [3.05, 3.63) is 46.2 Å². The molecular formula is C20H28IN3O3S. The van der Waals surface area contributed by atoms with Crippen LogP contribution in [-0.4, -0.2) is 37.4 Å². The van der Waals surface area contributed by atoms with E-state index in [4.69, 9.17) is 9.47 Å². The number of guanidine groups is 1. The van der Waals surface area contributed by atoms with Gasteiger partial charge in [0.2, 0.25) is 0 Å². The number of aliphatic imine (C=N–C) groups is 1. The predicted molar refractivity (Wildman–Crippen MR) is 124 cm³/mol. The number of hydrogen-bond acceptors (Lipinski definition) is 5. The van der Waals surface area contributed by atoms with Gasteiger partial charge in [-0.3, -0.25) is 0 Å². The van der Waals surface area contributed by atoms with Gasteiger partial charge in [0.1, 0.15) is 5.60 Å². The van der Waals surface area contributed by atoms with Gasteiger partial charge in [0.05, 0.1) is 26.3 Å². The summed E-state index contributed by atoms with van der Waals surface area (Å²) in [5, 5.41) is 19.1. The van der Waals surface area contributed by atoms with Crippen LogP contribution in [0, 0.1) is 0 Å². The average molecular weight is 517 g/mol. The highest BCUT2D eigenvalue weighted by Crippen LogP contribution is 2.33. The maximum Gasteiger partial charge on any atom is 0.191 e. The Morgan fingerprint density at radius 2 is 2.04 bits per heavy atom. The number of benzene rings is 1. The molecule has 28 heavy (non-hydrogen) atoms. The summed E-state index contributed by atoms with van der Waals surface area (Å²) in [6.45, 7) is 6.70. The largest absolute Gasteiger partial charge is 0.490 e. The van der Waals surface area contributed by atoms with Gasteiger partial charge in [-0.2, -0.15) is 0 Å². The second-order valence-corrected chi connectivity index (χ2v) is 7.54. The Hall–Kier alpha value is -1.52. The number of rotatable bonds is 6. The summed E-state index contributed by atoms with van der Waals surface area (Å²) in [5.74, 6) is 2.21. The number of nitrogens with one attached hydrogen (secondary N) is 2. The lowest BCUT2D eigenvalue weighted by Gasteiger charge is -2.23. The molecule has 1 aliphatic rings. The van der Waals surface area contributed by atoms with Gasteiger partial charge in [-0.25, -0.2) is 4.99 Å². The summed E-state index contributed by atoms with van der Waals surface area (Å²) in [7, 11) is 0. The van der Waals surface area contributed by atoms with E-state index in [2.05, 4.69) is 15.6 Å². The first-order chi connectivity index (χ1) is 13.1. The van der Waals surface area contributed by atoms with E-state index < -0.39 is 5.60 Å². The summed E-state index contributed by atoms with van der Waals surface area (Å²) in [6, 6.07) is 9.77. The second-order valence-electron chi connectivity index (χ2n) is 6.59. The van der Waals surface area contributed by atoms with Crippen LogP contribution in [0.2, 0.25) is 0 Å². The average Bonchev–Trinajstić information content (AvgIpc) is 3.11. The Balaban J connectivity index is 0.00000280. The molecule has 0 fully saturated rings. The summed E-state index contributed by atoms with van der Waals surface area (Å²) in [5.41, 5.74) is 0.0297. The van der Waals surface area contributed by atoms with Crippen molar-refractivity contribution in [2.24, 2.45) is 4.99 Å². The van der Waals surface area contributed by atoms with Gasteiger partial charge >= 0.3 is 0 Å². The zero-order valence-electron chi connectivity index (χ0n) is 16.2. The minimum Gasteiger partial charge on any atom is -0.490 e. The first-order valence-electron chi connectivity index (χ1n) is 9.26. The summed E-state index contributed by atoms with van der Waals surface area (Å²) in [6.07, 6.45) is 0.874. The standard InChI is InChI=1S/C20H27N3O3S.HI/c1-3-21-19(23-14-20(2,24)17-9-5-12-27-17)22-13-15-7-4-8-16-18(15)26-11-6-10-25-16;/h4-5,7-9,12,24H,3,6,10-11,13-14H2,1-2H3,(H2,21,22,23);1H. The molecule has 1 aromatic carbocycles. The first-order valence-corrected chi connectivity index (χ1v) is 10.1. The fourth-order valence-electron chi connectivity index (χ4n) is 2.81. The van der Waals surface area contributed by atoms with E-state index in [0.717, 1.165) is 34.9 Å². The predicted octanol–water partition coefficient (Wildman–Crippen LogP) is 3.49. The van der Waals surface area contributed by atoms with E-state index >= 15 is 0 Å². The Bertz CT molecular complexity index is 766. The molecule has 1 aliphatic heterocycles. The Labute approximate surface area is 187 Å². The van der Waals surface area contributed by atoms with Crippen LogP contribution in [0.5, 0.6) is 11.5 Å². The maximum absolute atomic E-state index is 10.7. The first kappa shape index (κ1) is 22.8. The summed E-state index contributed by atoms with van der Waals surface area (Å²) >= 11 is 1.54. The number of para-hydroxylation sites is 1. The molecule has 0 aliphatic carbocycles. The van der Waals surface area contributed by atoms with E-state index in [-0.39, 0.29) is 24.0 Å². The lowest BCUT2D eigenvalue weighted by molar-refractivity contribution is 0.0655. The number of nitrogens with zero attached hydrogens (tertiary/aromatic N) is 1. The van der Waals surface area contributed by atoms with Gasteiger partial charge in [-0.1, -0.05) is 18.2 Å². The Morgan fingerprint density at radius 1 is 1.21 bits per heavy atom. The fourth-order valence-corrected chi connectivity index (χ4v) is 3.60. The lowest BCUT2D eigenvalue weighted by atomic mass is 10.1. The molecule has 0 bridgehead atoms. The maximum atomic E-state index is 10.7. The van der Waals surface area contributed by atoms with Crippen molar-refractivity contribution in [1.29, 1.82) is 0 Å². The molecule has 2 heterocycles. The van der Waals surface area contributed by atoms with E-state index in [9.17, 15) is 5.11 Å². The summed E-state index contributed by atoms with van der Waals surface area (Å²) in [4.78, 5) is 5.58. The minimum absolute atomic E-state index is 0. The van der Waals surface area contributed by atoms with E-state index in [1.165, 1.54) is 0 Å². The zero-order chi connectivity index (χ0) is 19.1. The van der Waals surface area contributed by atoms with Crippen molar-refractivity contribution >= 4 is 41.3 Å². The minimum atomic E-state index is -0.953. The molecule has 2 aromatic rings. The SMILES string of the molecule is CCNC(=NCc1cccc2c1OCCCO2)NCC(C)(O)c1cccs1.I. The summed E-state index contributed by atoms with van der Waals surface area (Å²) < 4.78 is 11.6. The molecule has 0 spiro atoms. The van der Waals surface area contributed by atoms with Crippen molar-refractivity contribution in [3.63, 3.8) is 0 Å². The van der Waals surface area contributed by atoms with Crippen molar-refractivity contribution < 1.29 is 14.6 Å². The topological polar surface area (TPSA) is 75.1 Å². The number of fused-ring (bicyclic) bond motifs is 1. The van der Waals surface area contributed by atoms with Gasteiger partial charge in [0.25, 0.3) is 0 Å². The Kier molecular flexibility index (Phi) is 8.84. The highest BCUT2D eigenvalue weighted by Gasteiger charge is 2.24. The van der Waals surface area contributed by atoms with Gasteiger partial charge < -0.3 is 25.2 Å². The van der Waals surface area contributed by atoms with Crippen LogP contribution >= 0.6 is 35.3 Å². The third-order valence-corrected chi connectivity index (χ3v) is 5.38. The van der Waals surface area contributed by atoms with Crippen molar-refractivity contribution in [2.75, 3.05) is 26.3 Å². The third-order valence-electron chi connectivity index (χ3n) is 4.26. The molecule has 0 radical (unpaired) electrons. The molecule has 1 unspecified atom stereocenters. The van der Waals surface area contributed by atoms with Crippen molar-refractivity contribution in [3.8, 4) is 11.5 Å². The van der Waals surface area contributed by atoms with Crippen LogP contribution in [0.25, 0.3) is 0 Å². The zero-order valence-corrected chi connectivity index (χ0v) is 19.4. The molecule has 0 saturated carbocycles. The molecule has 6 nitrogen and oxygen atoms in total. The number of hydrogen-bond donors (Lipinski definition) is 3. The molecule has 3 rings (SSSR count). The molecular weight excluding hydrogens is 489 g/mol. The van der Waals surface area contributed by atoms with Crippen LogP contribution in [-0.2, 0) is 12.1 Å². The molecule has 0 amide bonds. The molecule has 1 atom stereocenters. The van der Waals surface area contributed by atoms with Gasteiger partial charge in [-0.15, -0.1) is 35.3 Å². The smallest absolute Gasteiger partial charge is 0.191 e. The van der Waals surface area contributed by atoms with Crippen LogP contribution in [0.15, 0.2) is 40.7 Å². The van der Waals surface area contributed by atoms with Crippen LogP contribution in [0.1, 0.15) is 30.7 Å². The number of halogens is 1. The molecule has 8 heteroatoms. The van der Waals surface area contributed by atoms with E-state index in [1.807, 2.05) is 42.6 Å². The van der Waals surface area contributed by atoms with Crippen LogP contribution in [0.4, 0.5) is 0 Å². The van der Waals surface area contributed by atoms with Crippen molar-refractivity contribution in [2.45, 2.75) is 32.4 Å². The molecule has 154 valence electrons. The van der Waals surface area contributed by atoms with E-state index in [0.29, 0.717) is 32.3 Å². The second kappa shape index (κ2) is 10.9. The number of aliphatic hydroxyl groups is 1. The van der Waals surface area contributed by atoms with Gasteiger partial charge in [0, 0.05) is 23.4 Å². The monoisotopic (exact) mass is 517 g/mol. The van der Waals surface area contributed by atoms with Crippen LogP contribution in [0.3, 0.4) is 0 Å². The lowest BCUT2D eigenvalue weighted by Crippen LogP contribution is -2.44. The van der Waals surface area contributed by atoms with Gasteiger partial charge in [0.15, 0.2) is 17.5 Å². The highest BCUT2D eigenvalue weighted by atomic mass is 127. The van der Waals surface area contributed by atoms with Gasteiger partial charge in [-0.05, 0) is 31.4 Å². The van der Waals surface area contributed by atoms with Crippen LogP contribution < -0.4 is 20.1 Å². The molecule has 0 saturated heterocycles. The molecule has 1 aromatic heterocycles. The fraction of sp³-hybridized carbons (Fsp3) is 0.450. The van der Waals surface area contributed by atoms with E-state index in [1.54, 1.807) is 18.3 Å². The molecule has 3 N–H and O–H groups in total.